The standard InChI is InChI=1S/C15H19BrO3/c1-10(2)4-9-13(15(18)19-3)14(17)11-5-7-12(16)8-6-11/h4-8,13-14,17H,9H2,1-3H3/t13-,14+/m0/s1. The zero-order chi connectivity index (χ0) is 14.4. The van der Waals surface area contributed by atoms with E-state index in [1.54, 1.807) is 12.1 Å². The second kappa shape index (κ2) is 7.46. The van der Waals surface area contributed by atoms with Crippen LogP contribution in [0.3, 0.4) is 0 Å². The molecule has 4 heteroatoms. The van der Waals surface area contributed by atoms with Crippen LogP contribution in [0, 0.1) is 5.92 Å². The molecule has 0 aliphatic carbocycles. The summed E-state index contributed by atoms with van der Waals surface area (Å²) < 4.78 is 5.71. The second-order valence-corrected chi connectivity index (χ2v) is 5.56. The Hall–Kier alpha value is -1.13. The monoisotopic (exact) mass is 326 g/mol. The smallest absolute Gasteiger partial charge is 0.311 e. The Morgan fingerprint density at radius 1 is 1.37 bits per heavy atom. The highest BCUT2D eigenvalue weighted by Gasteiger charge is 2.27. The Morgan fingerprint density at radius 2 is 1.95 bits per heavy atom. The van der Waals surface area contributed by atoms with Crippen LogP contribution in [-0.2, 0) is 9.53 Å². The molecule has 1 aromatic rings. The van der Waals surface area contributed by atoms with Gasteiger partial charge < -0.3 is 9.84 Å². The first-order valence-electron chi connectivity index (χ1n) is 6.10. The first-order valence-corrected chi connectivity index (χ1v) is 6.89. The van der Waals surface area contributed by atoms with Gasteiger partial charge in [0.1, 0.15) is 0 Å². The highest BCUT2D eigenvalue weighted by molar-refractivity contribution is 9.10. The summed E-state index contributed by atoms with van der Waals surface area (Å²) >= 11 is 3.34. The van der Waals surface area contributed by atoms with Crippen LogP contribution in [0.4, 0.5) is 0 Å². The van der Waals surface area contributed by atoms with E-state index in [0.717, 1.165) is 10.0 Å². The van der Waals surface area contributed by atoms with Crippen molar-refractivity contribution in [1.29, 1.82) is 0 Å². The lowest BCUT2D eigenvalue weighted by atomic mass is 9.92. The molecule has 0 saturated heterocycles. The molecule has 1 rings (SSSR count). The lowest BCUT2D eigenvalue weighted by Gasteiger charge is -2.20. The molecule has 0 spiro atoms. The average Bonchev–Trinajstić information content (AvgIpc) is 2.38. The number of halogens is 1. The number of benzene rings is 1. The highest BCUT2D eigenvalue weighted by Crippen LogP contribution is 2.27. The number of aliphatic hydroxyl groups excluding tert-OH is 1. The SMILES string of the molecule is COC(=O)[C@@H](CC=C(C)C)[C@H](O)c1ccc(Br)cc1. The van der Waals surface area contributed by atoms with E-state index in [0.29, 0.717) is 12.0 Å². The number of hydrogen-bond acceptors (Lipinski definition) is 3. The van der Waals surface area contributed by atoms with Gasteiger partial charge >= 0.3 is 5.97 Å². The highest BCUT2D eigenvalue weighted by atomic mass is 79.9. The van der Waals surface area contributed by atoms with E-state index in [2.05, 4.69) is 15.9 Å². The predicted molar refractivity (Wildman–Crippen MR) is 78.7 cm³/mol. The number of aliphatic hydroxyl groups is 1. The summed E-state index contributed by atoms with van der Waals surface area (Å²) in [5, 5.41) is 10.3. The molecule has 19 heavy (non-hydrogen) atoms. The van der Waals surface area contributed by atoms with Crippen LogP contribution in [0.5, 0.6) is 0 Å². The minimum absolute atomic E-state index is 0.395. The molecule has 0 radical (unpaired) electrons. The van der Waals surface area contributed by atoms with Gasteiger partial charge in [0.15, 0.2) is 0 Å². The van der Waals surface area contributed by atoms with Gasteiger partial charge in [-0.05, 0) is 38.0 Å². The molecule has 0 saturated carbocycles. The van der Waals surface area contributed by atoms with E-state index < -0.39 is 18.0 Å². The van der Waals surface area contributed by atoms with E-state index in [9.17, 15) is 9.90 Å². The van der Waals surface area contributed by atoms with Gasteiger partial charge in [-0.15, -0.1) is 0 Å². The van der Waals surface area contributed by atoms with Gasteiger partial charge in [0.25, 0.3) is 0 Å². The molecule has 0 aromatic heterocycles. The first-order chi connectivity index (χ1) is 8.95. The molecule has 0 unspecified atom stereocenters. The Kier molecular flexibility index (Phi) is 6.25. The molecular formula is C15H19BrO3. The lowest BCUT2D eigenvalue weighted by Crippen LogP contribution is -2.23. The summed E-state index contributed by atoms with van der Waals surface area (Å²) in [5.41, 5.74) is 1.82. The second-order valence-electron chi connectivity index (χ2n) is 4.64. The van der Waals surface area contributed by atoms with Gasteiger partial charge in [0, 0.05) is 4.47 Å². The average molecular weight is 327 g/mol. The third-order valence-corrected chi connectivity index (χ3v) is 3.41. The van der Waals surface area contributed by atoms with Gasteiger partial charge in [-0.2, -0.15) is 0 Å². The van der Waals surface area contributed by atoms with E-state index in [1.807, 2.05) is 32.1 Å². The molecule has 104 valence electrons. The zero-order valence-electron chi connectivity index (χ0n) is 11.4. The van der Waals surface area contributed by atoms with Crippen molar-refractivity contribution in [2.24, 2.45) is 5.92 Å². The number of ether oxygens (including phenoxy) is 1. The minimum Gasteiger partial charge on any atom is -0.469 e. The normalized spacial score (nSPS) is 13.5. The third-order valence-electron chi connectivity index (χ3n) is 2.88. The lowest BCUT2D eigenvalue weighted by molar-refractivity contribution is -0.149. The van der Waals surface area contributed by atoms with E-state index >= 15 is 0 Å². The van der Waals surface area contributed by atoms with Crippen molar-refractivity contribution >= 4 is 21.9 Å². The third kappa shape index (κ3) is 4.80. The van der Waals surface area contributed by atoms with Crippen LogP contribution in [-0.4, -0.2) is 18.2 Å². The Balaban J connectivity index is 2.93. The first kappa shape index (κ1) is 15.9. The summed E-state index contributed by atoms with van der Waals surface area (Å²) in [5.74, 6) is -0.978. The molecule has 1 N–H and O–H groups in total. The van der Waals surface area contributed by atoms with Crippen LogP contribution < -0.4 is 0 Å². The Bertz CT molecular complexity index is 447. The maximum Gasteiger partial charge on any atom is 0.311 e. The van der Waals surface area contributed by atoms with Crippen molar-refractivity contribution in [3.05, 3.63) is 46.0 Å². The molecule has 0 fully saturated rings. The van der Waals surface area contributed by atoms with Crippen LogP contribution in [0.25, 0.3) is 0 Å². The van der Waals surface area contributed by atoms with Crippen LogP contribution >= 0.6 is 15.9 Å². The molecule has 0 aliphatic rings. The van der Waals surface area contributed by atoms with Crippen LogP contribution in [0.15, 0.2) is 40.4 Å². The molecule has 1 aromatic carbocycles. The molecule has 0 bridgehead atoms. The van der Waals surface area contributed by atoms with Gasteiger partial charge in [-0.25, -0.2) is 0 Å². The molecule has 0 heterocycles. The fraction of sp³-hybridized carbons (Fsp3) is 0.400. The van der Waals surface area contributed by atoms with Crippen molar-refractivity contribution in [3.63, 3.8) is 0 Å². The fourth-order valence-corrected chi connectivity index (χ4v) is 2.02. The fourth-order valence-electron chi connectivity index (χ4n) is 1.76. The number of methoxy groups -OCH3 is 1. The zero-order valence-corrected chi connectivity index (χ0v) is 13.0. The molecular weight excluding hydrogens is 308 g/mol. The number of hydrogen-bond donors (Lipinski definition) is 1. The van der Waals surface area contributed by atoms with E-state index in [-0.39, 0.29) is 0 Å². The predicted octanol–water partition coefficient (Wildman–Crippen LogP) is 3.63. The van der Waals surface area contributed by atoms with Crippen molar-refractivity contribution in [3.8, 4) is 0 Å². The van der Waals surface area contributed by atoms with Crippen molar-refractivity contribution in [1.82, 2.24) is 0 Å². The number of allylic oxidation sites excluding steroid dienone is 2. The van der Waals surface area contributed by atoms with Gasteiger partial charge in [-0.3, -0.25) is 4.79 Å². The number of esters is 1. The number of carbonyl (C=O) groups excluding carboxylic acids is 1. The summed E-state index contributed by atoms with van der Waals surface area (Å²) in [4.78, 5) is 11.8. The minimum atomic E-state index is -0.865. The molecule has 0 aliphatic heterocycles. The maximum atomic E-state index is 11.8. The van der Waals surface area contributed by atoms with Crippen molar-refractivity contribution in [2.75, 3.05) is 7.11 Å². The van der Waals surface area contributed by atoms with E-state index in [4.69, 9.17) is 4.74 Å². The maximum absolute atomic E-state index is 11.8. The van der Waals surface area contributed by atoms with Crippen molar-refractivity contribution in [2.45, 2.75) is 26.4 Å². The molecule has 3 nitrogen and oxygen atoms in total. The van der Waals surface area contributed by atoms with E-state index in [1.165, 1.54) is 7.11 Å². The summed E-state index contributed by atoms with van der Waals surface area (Å²) in [6.07, 6.45) is 1.53. The number of rotatable bonds is 5. The van der Waals surface area contributed by atoms with Gasteiger partial charge in [-0.1, -0.05) is 39.7 Å². The summed E-state index contributed by atoms with van der Waals surface area (Å²) in [6.45, 7) is 3.92. The summed E-state index contributed by atoms with van der Waals surface area (Å²) in [7, 11) is 1.34. The topological polar surface area (TPSA) is 46.5 Å². The Labute approximate surface area is 122 Å². The molecule has 0 amide bonds. The molecule has 2 atom stereocenters. The van der Waals surface area contributed by atoms with Crippen molar-refractivity contribution < 1.29 is 14.6 Å². The largest absolute Gasteiger partial charge is 0.469 e. The van der Waals surface area contributed by atoms with Crippen LogP contribution in [0.2, 0.25) is 0 Å². The van der Waals surface area contributed by atoms with Crippen LogP contribution in [0.1, 0.15) is 31.9 Å². The summed E-state index contributed by atoms with van der Waals surface area (Å²) in [6, 6.07) is 7.28. The van der Waals surface area contributed by atoms with Gasteiger partial charge in [0.2, 0.25) is 0 Å². The van der Waals surface area contributed by atoms with Gasteiger partial charge in [0.05, 0.1) is 19.1 Å². The quantitative estimate of drug-likeness (QED) is 0.664. The number of carbonyl (C=O) groups is 1. The Morgan fingerprint density at radius 3 is 2.42 bits per heavy atom.